The number of imidazole rings is 1. The minimum atomic E-state index is -4.34. The molecule has 4 rings (SSSR count). The minimum Gasteiger partial charge on any atom is -0.341 e. The van der Waals surface area contributed by atoms with E-state index in [1.54, 1.807) is 12.3 Å². The van der Waals surface area contributed by atoms with Gasteiger partial charge >= 0.3 is 6.18 Å². The van der Waals surface area contributed by atoms with Gasteiger partial charge in [0.25, 0.3) is 0 Å². The number of aromatic nitrogens is 2. The van der Waals surface area contributed by atoms with Crippen molar-refractivity contribution in [3.05, 3.63) is 41.9 Å². The van der Waals surface area contributed by atoms with Crippen LogP contribution >= 0.6 is 0 Å². The lowest BCUT2D eigenvalue weighted by molar-refractivity contribution is -0.137. The summed E-state index contributed by atoms with van der Waals surface area (Å²) in [5.41, 5.74) is 0.546. The van der Waals surface area contributed by atoms with Crippen LogP contribution in [0.2, 0.25) is 0 Å². The molecule has 1 heterocycles. The van der Waals surface area contributed by atoms with E-state index in [1.165, 1.54) is 76.3 Å². The predicted molar refractivity (Wildman–Crippen MR) is 113 cm³/mol. The molecule has 0 amide bonds. The Morgan fingerprint density at radius 2 is 1.70 bits per heavy atom. The molecule has 3 nitrogen and oxygen atoms in total. The summed E-state index contributed by atoms with van der Waals surface area (Å²) in [5.74, 6) is 2.12. The molecular formula is C24H32F3N3. The number of alkyl halides is 3. The summed E-state index contributed by atoms with van der Waals surface area (Å²) in [7, 11) is 0. The number of nitrogens with zero attached hydrogens (tertiary/aromatic N) is 1. The number of aromatic amines is 1. The minimum absolute atomic E-state index is 0.145. The number of nitrogens with one attached hydrogen (secondary N) is 2. The Morgan fingerprint density at radius 1 is 1.00 bits per heavy atom. The topological polar surface area (TPSA) is 40.7 Å². The third kappa shape index (κ3) is 5.26. The van der Waals surface area contributed by atoms with Crippen LogP contribution in [0.4, 0.5) is 13.2 Å². The molecule has 6 heteroatoms. The van der Waals surface area contributed by atoms with Gasteiger partial charge in [0.05, 0.1) is 23.5 Å². The maximum absolute atomic E-state index is 13.1. The van der Waals surface area contributed by atoms with Gasteiger partial charge in [-0.05, 0) is 56.2 Å². The van der Waals surface area contributed by atoms with E-state index in [2.05, 4.69) is 15.3 Å². The zero-order valence-corrected chi connectivity index (χ0v) is 17.5. The van der Waals surface area contributed by atoms with Gasteiger partial charge in [-0.1, -0.05) is 50.7 Å². The fraction of sp³-hybridized carbons (Fsp3) is 0.625. The van der Waals surface area contributed by atoms with E-state index in [1.807, 2.05) is 0 Å². The number of H-pyrrole nitrogens is 1. The molecule has 2 saturated carbocycles. The summed E-state index contributed by atoms with van der Waals surface area (Å²) >= 11 is 0. The molecule has 30 heavy (non-hydrogen) atoms. The molecule has 1 aromatic heterocycles. The molecule has 2 fully saturated rings. The van der Waals surface area contributed by atoms with Crippen molar-refractivity contribution in [2.45, 2.75) is 76.4 Å². The van der Waals surface area contributed by atoms with Crippen molar-refractivity contribution >= 4 is 0 Å². The predicted octanol–water partition coefficient (Wildman–Crippen LogP) is 6.89. The molecule has 2 aromatic rings. The molecule has 0 aliphatic heterocycles. The average molecular weight is 420 g/mol. The van der Waals surface area contributed by atoms with Crippen LogP contribution in [0.5, 0.6) is 0 Å². The number of hydrogen-bond donors (Lipinski definition) is 2. The lowest BCUT2D eigenvalue weighted by atomic mass is 9.83. The van der Waals surface area contributed by atoms with Crippen LogP contribution in [0.1, 0.15) is 81.6 Å². The molecule has 0 spiro atoms. The third-order valence-electron chi connectivity index (χ3n) is 6.86. The molecule has 0 saturated heterocycles. The van der Waals surface area contributed by atoms with E-state index in [4.69, 9.17) is 0 Å². The first-order chi connectivity index (χ1) is 14.5. The average Bonchev–Trinajstić information content (AvgIpc) is 3.25. The standard InChI is InChI=1S/C24H32F3N3/c25-24(26,27)20-13-7-12-19(14-20)21-16-29-23(30-21)22(18-10-5-2-6-11-18)28-15-17-8-3-1-4-9-17/h7,12-14,16-18,22,28H,1-6,8-11,15H2,(H,29,30)/t22-/m0/s1. The number of benzene rings is 1. The smallest absolute Gasteiger partial charge is 0.341 e. The molecule has 0 unspecified atom stereocenters. The first kappa shape index (κ1) is 21.4. The fourth-order valence-electron chi connectivity index (χ4n) is 5.14. The van der Waals surface area contributed by atoms with Crippen LogP contribution in [0.15, 0.2) is 30.5 Å². The largest absolute Gasteiger partial charge is 0.416 e. The second kappa shape index (κ2) is 9.54. The first-order valence-corrected chi connectivity index (χ1v) is 11.5. The molecule has 0 bridgehead atoms. The highest BCUT2D eigenvalue weighted by Gasteiger charge is 2.31. The van der Waals surface area contributed by atoms with E-state index in [0.717, 1.165) is 24.4 Å². The Kier molecular flexibility index (Phi) is 6.81. The zero-order chi connectivity index (χ0) is 21.0. The monoisotopic (exact) mass is 419 g/mol. The van der Waals surface area contributed by atoms with Crippen molar-refractivity contribution in [2.75, 3.05) is 6.54 Å². The van der Waals surface area contributed by atoms with E-state index in [-0.39, 0.29) is 6.04 Å². The van der Waals surface area contributed by atoms with Crippen molar-refractivity contribution < 1.29 is 13.2 Å². The number of halogens is 3. The third-order valence-corrected chi connectivity index (χ3v) is 6.86. The van der Waals surface area contributed by atoms with Crippen LogP contribution in [0.25, 0.3) is 11.3 Å². The molecular weight excluding hydrogens is 387 g/mol. The highest BCUT2D eigenvalue weighted by atomic mass is 19.4. The lowest BCUT2D eigenvalue weighted by Crippen LogP contribution is -2.34. The Hall–Kier alpha value is -1.82. The molecule has 1 atom stereocenters. The van der Waals surface area contributed by atoms with Crippen LogP contribution in [-0.4, -0.2) is 16.5 Å². The van der Waals surface area contributed by atoms with E-state index in [9.17, 15) is 13.2 Å². The summed E-state index contributed by atoms with van der Waals surface area (Å²) in [6.07, 6.45) is 10.1. The van der Waals surface area contributed by atoms with E-state index >= 15 is 0 Å². The highest BCUT2D eigenvalue weighted by Crippen LogP contribution is 2.36. The summed E-state index contributed by atoms with van der Waals surface area (Å²) in [6.45, 7) is 1.00. The molecule has 2 aliphatic carbocycles. The van der Waals surface area contributed by atoms with Gasteiger partial charge in [-0.3, -0.25) is 0 Å². The summed E-state index contributed by atoms with van der Waals surface area (Å²) in [5, 5.41) is 3.80. The van der Waals surface area contributed by atoms with Gasteiger partial charge in [0.15, 0.2) is 0 Å². The van der Waals surface area contributed by atoms with Gasteiger partial charge in [-0.25, -0.2) is 4.98 Å². The molecule has 164 valence electrons. The van der Waals surface area contributed by atoms with E-state index < -0.39 is 11.7 Å². The van der Waals surface area contributed by atoms with Crippen molar-refractivity contribution in [1.29, 1.82) is 0 Å². The van der Waals surface area contributed by atoms with Gasteiger partial charge in [0.1, 0.15) is 5.82 Å². The first-order valence-electron chi connectivity index (χ1n) is 11.5. The molecule has 2 aliphatic rings. The van der Waals surface area contributed by atoms with Crippen molar-refractivity contribution in [3.8, 4) is 11.3 Å². The second-order valence-electron chi connectivity index (χ2n) is 9.05. The summed E-state index contributed by atoms with van der Waals surface area (Å²) in [4.78, 5) is 7.98. The van der Waals surface area contributed by atoms with Gasteiger partial charge in [-0.2, -0.15) is 13.2 Å². The van der Waals surface area contributed by atoms with Crippen LogP contribution < -0.4 is 5.32 Å². The Morgan fingerprint density at radius 3 is 2.40 bits per heavy atom. The Balaban J connectivity index is 1.53. The van der Waals surface area contributed by atoms with E-state index in [0.29, 0.717) is 17.2 Å². The summed E-state index contributed by atoms with van der Waals surface area (Å²) in [6, 6.07) is 5.61. The van der Waals surface area contributed by atoms with Crippen LogP contribution in [0, 0.1) is 11.8 Å². The number of rotatable bonds is 6. The summed E-state index contributed by atoms with van der Waals surface area (Å²) < 4.78 is 39.3. The zero-order valence-electron chi connectivity index (χ0n) is 17.5. The lowest BCUT2D eigenvalue weighted by Gasteiger charge is -2.32. The normalized spacial score (nSPS) is 20.4. The fourth-order valence-corrected chi connectivity index (χ4v) is 5.14. The van der Waals surface area contributed by atoms with Gasteiger partial charge in [0.2, 0.25) is 0 Å². The quantitative estimate of drug-likeness (QED) is 0.535. The molecule has 2 N–H and O–H groups in total. The Labute approximate surface area is 176 Å². The van der Waals surface area contributed by atoms with Crippen molar-refractivity contribution in [3.63, 3.8) is 0 Å². The molecule has 1 aromatic carbocycles. The maximum atomic E-state index is 13.1. The van der Waals surface area contributed by atoms with Gasteiger partial charge in [0, 0.05) is 5.56 Å². The van der Waals surface area contributed by atoms with Crippen molar-refractivity contribution in [2.24, 2.45) is 11.8 Å². The SMILES string of the molecule is FC(F)(F)c1cccc(-c2cnc([C@@H](NCC3CCCCC3)C3CCCCC3)[nH]2)c1. The van der Waals surface area contributed by atoms with Crippen LogP contribution in [0.3, 0.4) is 0 Å². The van der Waals surface area contributed by atoms with Crippen LogP contribution in [-0.2, 0) is 6.18 Å². The maximum Gasteiger partial charge on any atom is 0.416 e. The molecule has 0 radical (unpaired) electrons. The van der Waals surface area contributed by atoms with Gasteiger partial charge < -0.3 is 10.3 Å². The number of hydrogen-bond acceptors (Lipinski definition) is 2. The Bertz CT molecular complexity index is 802. The second-order valence-corrected chi connectivity index (χ2v) is 9.05. The highest BCUT2D eigenvalue weighted by molar-refractivity contribution is 5.59. The van der Waals surface area contributed by atoms with Gasteiger partial charge in [-0.15, -0.1) is 0 Å². The van der Waals surface area contributed by atoms with Crippen molar-refractivity contribution in [1.82, 2.24) is 15.3 Å².